The van der Waals surface area contributed by atoms with Crippen LogP contribution in [0.25, 0.3) is 0 Å². The van der Waals surface area contributed by atoms with Crippen molar-refractivity contribution in [2.75, 3.05) is 43.0 Å². The van der Waals surface area contributed by atoms with Gasteiger partial charge in [0.25, 0.3) is 11.8 Å². The number of amides is 2. The van der Waals surface area contributed by atoms with Crippen LogP contribution in [0.1, 0.15) is 15.9 Å². The lowest BCUT2D eigenvalue weighted by Crippen LogP contribution is -2.45. The van der Waals surface area contributed by atoms with E-state index in [0.717, 1.165) is 38.4 Å². The summed E-state index contributed by atoms with van der Waals surface area (Å²) in [5.41, 5.74) is 8.76. The average molecular weight is 445 g/mol. The molecule has 7 nitrogen and oxygen atoms in total. The first-order chi connectivity index (χ1) is 16.1. The van der Waals surface area contributed by atoms with Gasteiger partial charge in [0.05, 0.1) is 5.56 Å². The van der Waals surface area contributed by atoms with Crippen LogP contribution in [0.5, 0.6) is 5.75 Å². The van der Waals surface area contributed by atoms with Gasteiger partial charge in [-0.25, -0.2) is 0 Å². The number of ether oxygens (including phenoxy) is 1. The first-order valence-electron chi connectivity index (χ1n) is 11.0. The van der Waals surface area contributed by atoms with Crippen LogP contribution in [0.3, 0.4) is 0 Å². The molecule has 0 spiro atoms. The molecule has 4 rings (SSSR count). The molecule has 2 amide bonds. The minimum Gasteiger partial charge on any atom is -0.483 e. The summed E-state index contributed by atoms with van der Waals surface area (Å²) in [5, 5.41) is 2.82. The van der Waals surface area contributed by atoms with Crippen LogP contribution in [-0.4, -0.2) is 49.5 Å². The molecule has 3 aromatic rings. The SMILES string of the molecule is NC(=O)c1ccccc1OCC(=O)Nc1ccc(N2CCN(Cc3ccccc3)CC2)cc1. The largest absolute Gasteiger partial charge is 0.483 e. The Kier molecular flexibility index (Phi) is 7.22. The summed E-state index contributed by atoms with van der Waals surface area (Å²) in [5.74, 6) is -0.610. The highest BCUT2D eigenvalue weighted by atomic mass is 16.5. The van der Waals surface area contributed by atoms with Gasteiger partial charge in [0, 0.05) is 44.1 Å². The van der Waals surface area contributed by atoms with E-state index < -0.39 is 5.91 Å². The van der Waals surface area contributed by atoms with Crippen LogP contribution in [-0.2, 0) is 11.3 Å². The Hall–Kier alpha value is -3.84. The number of hydrogen-bond acceptors (Lipinski definition) is 5. The quantitative estimate of drug-likeness (QED) is 0.557. The van der Waals surface area contributed by atoms with E-state index in [2.05, 4.69) is 39.4 Å². The number of nitrogens with two attached hydrogens (primary N) is 1. The molecule has 170 valence electrons. The zero-order chi connectivity index (χ0) is 23.0. The summed E-state index contributed by atoms with van der Waals surface area (Å²) in [6, 6.07) is 25.0. The Labute approximate surface area is 193 Å². The molecule has 1 aliphatic rings. The van der Waals surface area contributed by atoms with E-state index in [4.69, 9.17) is 10.5 Å². The molecule has 33 heavy (non-hydrogen) atoms. The Morgan fingerprint density at radius 1 is 0.848 bits per heavy atom. The minimum atomic E-state index is -0.595. The van der Waals surface area contributed by atoms with Gasteiger partial charge >= 0.3 is 0 Å². The van der Waals surface area contributed by atoms with Gasteiger partial charge in [0.2, 0.25) is 0 Å². The topological polar surface area (TPSA) is 87.9 Å². The molecule has 0 aliphatic carbocycles. The van der Waals surface area contributed by atoms with Crippen molar-refractivity contribution in [3.05, 3.63) is 90.0 Å². The van der Waals surface area contributed by atoms with E-state index >= 15 is 0 Å². The summed E-state index contributed by atoms with van der Waals surface area (Å²) < 4.78 is 5.48. The number of piperazine rings is 1. The van der Waals surface area contributed by atoms with Crippen molar-refractivity contribution >= 4 is 23.2 Å². The van der Waals surface area contributed by atoms with E-state index in [-0.39, 0.29) is 18.1 Å². The summed E-state index contributed by atoms with van der Waals surface area (Å²) in [7, 11) is 0. The molecule has 0 unspecified atom stereocenters. The number of carbonyl (C=O) groups is 2. The first kappa shape index (κ1) is 22.4. The van der Waals surface area contributed by atoms with Crippen molar-refractivity contribution in [3.8, 4) is 5.75 Å². The Morgan fingerprint density at radius 3 is 2.21 bits per heavy atom. The highest BCUT2D eigenvalue weighted by Gasteiger charge is 2.17. The number of nitrogens with zero attached hydrogens (tertiary/aromatic N) is 2. The lowest BCUT2D eigenvalue weighted by molar-refractivity contribution is -0.118. The van der Waals surface area contributed by atoms with Crippen molar-refractivity contribution in [2.24, 2.45) is 5.73 Å². The highest BCUT2D eigenvalue weighted by molar-refractivity contribution is 5.96. The third kappa shape index (κ3) is 6.11. The van der Waals surface area contributed by atoms with E-state index in [0.29, 0.717) is 11.4 Å². The molecular weight excluding hydrogens is 416 g/mol. The van der Waals surface area contributed by atoms with Gasteiger partial charge in [-0.15, -0.1) is 0 Å². The van der Waals surface area contributed by atoms with Gasteiger partial charge in [0.15, 0.2) is 6.61 Å². The minimum absolute atomic E-state index is 0.213. The molecule has 0 bridgehead atoms. The second kappa shape index (κ2) is 10.7. The van der Waals surface area contributed by atoms with E-state index in [1.807, 2.05) is 30.3 Å². The van der Waals surface area contributed by atoms with Gasteiger partial charge in [-0.3, -0.25) is 14.5 Å². The number of benzene rings is 3. The van der Waals surface area contributed by atoms with Crippen LogP contribution >= 0.6 is 0 Å². The zero-order valence-electron chi connectivity index (χ0n) is 18.4. The second-order valence-electron chi connectivity index (χ2n) is 7.99. The molecule has 1 fully saturated rings. The van der Waals surface area contributed by atoms with Gasteiger partial charge in [-0.05, 0) is 42.0 Å². The molecular formula is C26H28N4O3. The fourth-order valence-electron chi connectivity index (χ4n) is 3.90. The maximum absolute atomic E-state index is 12.3. The summed E-state index contributed by atoms with van der Waals surface area (Å²) >= 11 is 0. The highest BCUT2D eigenvalue weighted by Crippen LogP contribution is 2.21. The van der Waals surface area contributed by atoms with Crippen LogP contribution < -0.4 is 20.7 Å². The molecule has 1 saturated heterocycles. The fraction of sp³-hybridized carbons (Fsp3) is 0.231. The number of nitrogens with one attached hydrogen (secondary N) is 1. The third-order valence-electron chi connectivity index (χ3n) is 5.65. The molecule has 0 atom stereocenters. The van der Waals surface area contributed by atoms with Gasteiger partial charge in [-0.1, -0.05) is 42.5 Å². The van der Waals surface area contributed by atoms with E-state index in [9.17, 15) is 9.59 Å². The number of anilines is 2. The van der Waals surface area contributed by atoms with Crippen LogP contribution in [0.4, 0.5) is 11.4 Å². The number of para-hydroxylation sites is 1. The molecule has 1 heterocycles. The lowest BCUT2D eigenvalue weighted by Gasteiger charge is -2.36. The number of rotatable bonds is 8. The van der Waals surface area contributed by atoms with Gasteiger partial charge < -0.3 is 20.7 Å². The van der Waals surface area contributed by atoms with Crippen LogP contribution in [0.15, 0.2) is 78.9 Å². The summed E-state index contributed by atoms with van der Waals surface area (Å²) in [6.07, 6.45) is 0. The number of primary amides is 1. The van der Waals surface area contributed by atoms with Crippen molar-refractivity contribution in [2.45, 2.75) is 6.54 Å². The van der Waals surface area contributed by atoms with Gasteiger partial charge in [0.1, 0.15) is 5.75 Å². The predicted octanol–water partition coefficient (Wildman–Crippen LogP) is 3.13. The van der Waals surface area contributed by atoms with Crippen molar-refractivity contribution in [1.29, 1.82) is 0 Å². The standard InChI is InChI=1S/C26H28N4O3/c27-26(32)23-8-4-5-9-24(23)33-19-25(31)28-21-10-12-22(13-11-21)30-16-14-29(15-17-30)18-20-6-2-1-3-7-20/h1-13H,14-19H2,(H2,27,32)(H,28,31). The molecule has 0 saturated carbocycles. The maximum atomic E-state index is 12.3. The third-order valence-corrected chi connectivity index (χ3v) is 5.65. The predicted molar refractivity (Wildman–Crippen MR) is 129 cm³/mol. The molecule has 3 aromatic carbocycles. The Morgan fingerprint density at radius 2 is 1.52 bits per heavy atom. The average Bonchev–Trinajstić information content (AvgIpc) is 2.84. The maximum Gasteiger partial charge on any atom is 0.262 e. The van der Waals surface area contributed by atoms with E-state index in [1.54, 1.807) is 24.3 Å². The van der Waals surface area contributed by atoms with Crippen LogP contribution in [0.2, 0.25) is 0 Å². The molecule has 3 N–H and O–H groups in total. The summed E-state index contributed by atoms with van der Waals surface area (Å²) in [4.78, 5) is 28.6. The summed E-state index contributed by atoms with van der Waals surface area (Å²) in [6.45, 7) is 4.72. The molecule has 0 aromatic heterocycles. The lowest BCUT2D eigenvalue weighted by atomic mass is 10.2. The first-order valence-corrected chi connectivity index (χ1v) is 11.0. The van der Waals surface area contributed by atoms with Crippen molar-refractivity contribution in [3.63, 3.8) is 0 Å². The zero-order valence-corrected chi connectivity index (χ0v) is 18.4. The smallest absolute Gasteiger partial charge is 0.262 e. The second-order valence-corrected chi connectivity index (χ2v) is 7.99. The monoisotopic (exact) mass is 444 g/mol. The normalized spacial score (nSPS) is 14.0. The molecule has 7 heteroatoms. The van der Waals surface area contributed by atoms with E-state index in [1.165, 1.54) is 5.56 Å². The van der Waals surface area contributed by atoms with Gasteiger partial charge in [-0.2, -0.15) is 0 Å². The fourth-order valence-corrected chi connectivity index (χ4v) is 3.90. The Balaban J connectivity index is 1.25. The Bertz CT molecular complexity index is 1080. The van der Waals surface area contributed by atoms with Crippen molar-refractivity contribution in [1.82, 2.24) is 4.90 Å². The molecule has 1 aliphatic heterocycles. The number of carbonyl (C=O) groups excluding carboxylic acids is 2. The molecule has 0 radical (unpaired) electrons. The number of hydrogen-bond donors (Lipinski definition) is 2. The van der Waals surface area contributed by atoms with Crippen molar-refractivity contribution < 1.29 is 14.3 Å². The van der Waals surface area contributed by atoms with Crippen LogP contribution in [0, 0.1) is 0 Å².